The minimum absolute atomic E-state index is 0.113. The highest BCUT2D eigenvalue weighted by atomic mass is 32.1. The van der Waals surface area contributed by atoms with E-state index >= 15 is 0 Å². The van der Waals surface area contributed by atoms with Gasteiger partial charge in [-0.3, -0.25) is 14.4 Å². The number of aromatic nitrogens is 1. The van der Waals surface area contributed by atoms with Gasteiger partial charge in [0.05, 0.1) is 6.04 Å². The van der Waals surface area contributed by atoms with Crippen molar-refractivity contribution in [2.45, 2.75) is 56.8 Å². The van der Waals surface area contributed by atoms with Crippen LogP contribution >= 0.6 is 12.6 Å². The van der Waals surface area contributed by atoms with Crippen LogP contribution in [0.2, 0.25) is 0 Å². The first kappa shape index (κ1) is 28.1. The molecule has 0 radical (unpaired) electrons. The molecule has 0 aliphatic rings. The number of H-pyrrole nitrogens is 1. The summed E-state index contributed by atoms with van der Waals surface area (Å²) in [6.07, 6.45) is 3.31. The van der Waals surface area contributed by atoms with Crippen molar-refractivity contribution in [3.05, 3.63) is 36.0 Å². The Morgan fingerprint density at radius 1 is 1.00 bits per heavy atom. The van der Waals surface area contributed by atoms with E-state index in [0.29, 0.717) is 19.4 Å². The van der Waals surface area contributed by atoms with Crippen molar-refractivity contribution in [3.8, 4) is 0 Å². The molecule has 2 rings (SSSR count). The lowest BCUT2D eigenvalue weighted by molar-refractivity contribution is -0.141. The SMILES string of the molecule is CC(N)C(=O)NC(Cc1c[nH]c2ccccc12)C(=O)NC(CCCCN)C(=O)NC(CS)C(=O)O. The number of benzene rings is 1. The zero-order valence-electron chi connectivity index (χ0n) is 19.6. The maximum atomic E-state index is 13.3. The second-order valence-electron chi connectivity index (χ2n) is 8.34. The Bertz CT molecular complexity index is 1030. The molecule has 0 fully saturated rings. The van der Waals surface area contributed by atoms with Crippen molar-refractivity contribution in [1.29, 1.82) is 0 Å². The quantitative estimate of drug-likeness (QED) is 0.127. The van der Waals surface area contributed by atoms with Crippen LogP contribution in [0.25, 0.3) is 10.9 Å². The second kappa shape index (κ2) is 13.7. The van der Waals surface area contributed by atoms with Gasteiger partial charge >= 0.3 is 5.97 Å². The van der Waals surface area contributed by atoms with E-state index in [1.165, 1.54) is 6.92 Å². The number of hydrogen-bond donors (Lipinski definition) is 8. The standard InChI is InChI=1S/C23H34N6O5S/c1-13(25)20(30)28-18(10-14-11-26-16-7-3-2-6-15(14)16)22(32)27-17(8-4-5-9-24)21(31)29-19(12-35)23(33)34/h2-3,6-7,11,13,17-19,26,35H,4-5,8-10,12,24-25H2,1H3,(H,27,32)(H,28,30)(H,29,31)(H,33,34). The minimum Gasteiger partial charge on any atom is -0.480 e. The molecule has 1 aromatic carbocycles. The van der Waals surface area contributed by atoms with Gasteiger partial charge in [-0.1, -0.05) is 18.2 Å². The van der Waals surface area contributed by atoms with Gasteiger partial charge in [0.15, 0.2) is 0 Å². The van der Waals surface area contributed by atoms with E-state index in [2.05, 4.69) is 33.6 Å². The Morgan fingerprint density at radius 3 is 2.26 bits per heavy atom. The van der Waals surface area contributed by atoms with Crippen molar-refractivity contribution < 1.29 is 24.3 Å². The second-order valence-corrected chi connectivity index (χ2v) is 8.71. The Labute approximate surface area is 209 Å². The topological polar surface area (TPSA) is 192 Å². The number of aromatic amines is 1. The number of hydrogen-bond acceptors (Lipinski definition) is 7. The van der Waals surface area contributed by atoms with Crippen LogP contribution in [0.5, 0.6) is 0 Å². The number of carboxylic acid groups (broad SMARTS) is 1. The molecule has 12 heteroatoms. The smallest absolute Gasteiger partial charge is 0.327 e. The van der Waals surface area contributed by atoms with Crippen LogP contribution in [0.4, 0.5) is 0 Å². The highest BCUT2D eigenvalue weighted by Gasteiger charge is 2.30. The summed E-state index contributed by atoms with van der Waals surface area (Å²) in [6.45, 7) is 1.91. The maximum Gasteiger partial charge on any atom is 0.327 e. The number of unbranched alkanes of at least 4 members (excludes halogenated alkanes) is 1. The van der Waals surface area contributed by atoms with Crippen LogP contribution < -0.4 is 27.4 Å². The molecule has 2 aromatic rings. The first-order valence-corrected chi connectivity index (χ1v) is 12.1. The molecule has 192 valence electrons. The molecule has 35 heavy (non-hydrogen) atoms. The number of carbonyl (C=O) groups is 4. The highest BCUT2D eigenvalue weighted by molar-refractivity contribution is 7.80. The Morgan fingerprint density at radius 2 is 1.63 bits per heavy atom. The fourth-order valence-corrected chi connectivity index (χ4v) is 3.77. The molecule has 0 aliphatic heterocycles. The summed E-state index contributed by atoms with van der Waals surface area (Å²) >= 11 is 3.96. The third-order valence-electron chi connectivity index (χ3n) is 5.52. The van der Waals surface area contributed by atoms with Gasteiger partial charge in [-0.25, -0.2) is 4.79 Å². The summed E-state index contributed by atoms with van der Waals surface area (Å²) in [7, 11) is 0. The number of thiol groups is 1. The Hall–Kier alpha value is -3.09. The van der Waals surface area contributed by atoms with Gasteiger partial charge in [-0.2, -0.15) is 12.6 Å². The first-order valence-electron chi connectivity index (χ1n) is 11.4. The van der Waals surface area contributed by atoms with E-state index < -0.39 is 47.9 Å². The van der Waals surface area contributed by atoms with Crippen molar-refractivity contribution >= 4 is 47.2 Å². The van der Waals surface area contributed by atoms with E-state index in [1.807, 2.05) is 24.3 Å². The summed E-state index contributed by atoms with van der Waals surface area (Å²) in [5.74, 6) is -3.11. The lowest BCUT2D eigenvalue weighted by atomic mass is 10.0. The number of amides is 3. The van der Waals surface area contributed by atoms with Crippen molar-refractivity contribution in [3.63, 3.8) is 0 Å². The molecule has 0 spiro atoms. The van der Waals surface area contributed by atoms with E-state index in [9.17, 15) is 24.3 Å². The molecule has 1 aromatic heterocycles. The fraction of sp³-hybridized carbons (Fsp3) is 0.478. The zero-order valence-corrected chi connectivity index (χ0v) is 20.5. The number of carboxylic acids is 1. The zero-order chi connectivity index (χ0) is 26.0. The molecule has 0 aliphatic carbocycles. The average Bonchev–Trinajstić information content (AvgIpc) is 3.23. The molecule has 1 heterocycles. The maximum absolute atomic E-state index is 13.3. The van der Waals surface area contributed by atoms with E-state index in [-0.39, 0.29) is 18.6 Å². The Balaban J connectivity index is 2.25. The largest absolute Gasteiger partial charge is 0.480 e. The number of aliphatic carboxylic acids is 1. The van der Waals surface area contributed by atoms with E-state index in [1.54, 1.807) is 6.20 Å². The van der Waals surface area contributed by atoms with Gasteiger partial charge in [-0.15, -0.1) is 0 Å². The monoisotopic (exact) mass is 506 g/mol. The van der Waals surface area contributed by atoms with E-state index in [4.69, 9.17) is 11.5 Å². The summed E-state index contributed by atoms with van der Waals surface area (Å²) < 4.78 is 0. The van der Waals surface area contributed by atoms with Crippen LogP contribution in [0.15, 0.2) is 30.5 Å². The molecule has 4 atom stereocenters. The summed E-state index contributed by atoms with van der Waals surface area (Å²) in [4.78, 5) is 52.9. The van der Waals surface area contributed by atoms with Gasteiger partial charge in [0.2, 0.25) is 17.7 Å². The molecule has 0 bridgehead atoms. The summed E-state index contributed by atoms with van der Waals surface area (Å²) in [5, 5.41) is 17.9. The van der Waals surface area contributed by atoms with Gasteiger partial charge in [0, 0.05) is 29.3 Å². The lowest BCUT2D eigenvalue weighted by Crippen LogP contribution is -2.57. The molecule has 9 N–H and O–H groups in total. The molecule has 0 saturated heterocycles. The van der Waals surface area contributed by atoms with Crippen LogP contribution in [-0.4, -0.2) is 70.2 Å². The normalized spacial score (nSPS) is 14.5. The predicted molar refractivity (Wildman–Crippen MR) is 136 cm³/mol. The van der Waals surface area contributed by atoms with Crippen molar-refractivity contribution in [2.75, 3.05) is 12.3 Å². The molecular weight excluding hydrogens is 472 g/mol. The summed E-state index contributed by atoms with van der Waals surface area (Å²) in [5.41, 5.74) is 12.9. The highest BCUT2D eigenvalue weighted by Crippen LogP contribution is 2.19. The third-order valence-corrected chi connectivity index (χ3v) is 5.89. The van der Waals surface area contributed by atoms with Crippen LogP contribution in [-0.2, 0) is 25.6 Å². The van der Waals surface area contributed by atoms with Gasteiger partial charge in [-0.05, 0) is 44.4 Å². The van der Waals surface area contributed by atoms with Crippen LogP contribution in [0.3, 0.4) is 0 Å². The van der Waals surface area contributed by atoms with Crippen molar-refractivity contribution in [2.24, 2.45) is 11.5 Å². The van der Waals surface area contributed by atoms with Crippen LogP contribution in [0, 0.1) is 0 Å². The third kappa shape index (κ3) is 8.26. The Kier molecular flexibility index (Phi) is 11.0. The molecule has 0 saturated carbocycles. The number of nitrogens with two attached hydrogens (primary N) is 2. The number of carbonyl (C=O) groups excluding carboxylic acids is 3. The fourth-order valence-electron chi connectivity index (χ4n) is 3.52. The lowest BCUT2D eigenvalue weighted by Gasteiger charge is -2.24. The molecule has 3 amide bonds. The summed E-state index contributed by atoms with van der Waals surface area (Å²) in [6, 6.07) is 3.45. The van der Waals surface area contributed by atoms with Gasteiger partial charge in [0.1, 0.15) is 18.1 Å². The molecule has 11 nitrogen and oxygen atoms in total. The van der Waals surface area contributed by atoms with E-state index in [0.717, 1.165) is 16.5 Å². The van der Waals surface area contributed by atoms with Gasteiger partial charge in [0.25, 0.3) is 0 Å². The van der Waals surface area contributed by atoms with Crippen molar-refractivity contribution in [1.82, 2.24) is 20.9 Å². The predicted octanol–water partition coefficient (Wildman–Crippen LogP) is -0.345. The number of rotatable bonds is 14. The van der Waals surface area contributed by atoms with Gasteiger partial charge < -0.3 is 37.5 Å². The van der Waals surface area contributed by atoms with Crippen LogP contribution in [0.1, 0.15) is 31.7 Å². The number of nitrogens with one attached hydrogen (secondary N) is 4. The minimum atomic E-state index is -1.23. The number of fused-ring (bicyclic) bond motifs is 1. The first-order chi connectivity index (χ1) is 16.7. The number of para-hydroxylation sites is 1. The molecule has 4 unspecified atom stereocenters. The molecular formula is C23H34N6O5S. The average molecular weight is 507 g/mol.